The van der Waals surface area contributed by atoms with Crippen LogP contribution in [0.1, 0.15) is 44.5 Å². The number of aliphatic hydroxyl groups is 1. The van der Waals surface area contributed by atoms with Crippen LogP contribution in [0, 0.1) is 5.92 Å². The van der Waals surface area contributed by atoms with Crippen LogP contribution in [-0.2, 0) is 19.9 Å². The van der Waals surface area contributed by atoms with E-state index in [9.17, 15) is 5.11 Å². The van der Waals surface area contributed by atoms with E-state index >= 15 is 0 Å². The molecular formula is C13H21ClN2O. The van der Waals surface area contributed by atoms with Crippen molar-refractivity contribution in [3.63, 3.8) is 0 Å². The lowest BCUT2D eigenvalue weighted by Crippen LogP contribution is -2.34. The van der Waals surface area contributed by atoms with Gasteiger partial charge >= 0.3 is 0 Å². The second-order valence-corrected chi connectivity index (χ2v) is 5.47. The largest absolute Gasteiger partial charge is 0.389 e. The Morgan fingerprint density at radius 3 is 2.53 bits per heavy atom. The summed E-state index contributed by atoms with van der Waals surface area (Å²) in [5.74, 6) is 0.448. The molecule has 0 saturated heterocycles. The van der Waals surface area contributed by atoms with Gasteiger partial charge in [0.15, 0.2) is 0 Å². The standard InChI is InChI=1S/C13H21ClN2O/c1-4-10-12(14)11(16(3)15-10)8-13(17,5-2)9-6-7-9/h9,17H,4-8H2,1-3H3. The molecule has 3 nitrogen and oxygen atoms in total. The highest BCUT2D eigenvalue weighted by Crippen LogP contribution is 2.44. The van der Waals surface area contributed by atoms with Crippen molar-refractivity contribution in [2.24, 2.45) is 13.0 Å². The maximum atomic E-state index is 10.6. The van der Waals surface area contributed by atoms with Crippen LogP contribution in [-0.4, -0.2) is 20.5 Å². The summed E-state index contributed by atoms with van der Waals surface area (Å²) in [6.07, 6.45) is 4.51. The lowest BCUT2D eigenvalue weighted by atomic mass is 9.89. The highest BCUT2D eigenvalue weighted by Gasteiger charge is 2.43. The molecule has 0 aliphatic heterocycles. The Kier molecular flexibility index (Phi) is 3.50. The topological polar surface area (TPSA) is 38.0 Å². The number of aromatic nitrogens is 2. The summed E-state index contributed by atoms with van der Waals surface area (Å²) in [4.78, 5) is 0. The normalized spacial score (nSPS) is 19.4. The van der Waals surface area contributed by atoms with E-state index in [0.717, 1.165) is 42.1 Å². The van der Waals surface area contributed by atoms with Crippen LogP contribution in [0.4, 0.5) is 0 Å². The molecule has 0 spiro atoms. The molecule has 2 rings (SSSR count). The minimum atomic E-state index is -0.595. The van der Waals surface area contributed by atoms with E-state index in [4.69, 9.17) is 11.6 Å². The van der Waals surface area contributed by atoms with Crippen molar-refractivity contribution in [3.8, 4) is 0 Å². The summed E-state index contributed by atoms with van der Waals surface area (Å²) >= 11 is 6.32. The van der Waals surface area contributed by atoms with Crippen molar-refractivity contribution in [2.75, 3.05) is 0 Å². The van der Waals surface area contributed by atoms with E-state index in [1.807, 2.05) is 25.6 Å². The lowest BCUT2D eigenvalue weighted by molar-refractivity contribution is 0.0122. The van der Waals surface area contributed by atoms with Crippen LogP contribution in [0.3, 0.4) is 0 Å². The maximum Gasteiger partial charge on any atom is 0.0850 e. The monoisotopic (exact) mass is 256 g/mol. The van der Waals surface area contributed by atoms with E-state index in [-0.39, 0.29) is 0 Å². The van der Waals surface area contributed by atoms with Crippen LogP contribution >= 0.6 is 11.6 Å². The quantitative estimate of drug-likeness (QED) is 0.880. The first-order valence-electron chi connectivity index (χ1n) is 6.44. The molecule has 1 atom stereocenters. The fourth-order valence-corrected chi connectivity index (χ4v) is 2.84. The van der Waals surface area contributed by atoms with Crippen molar-refractivity contribution in [1.82, 2.24) is 9.78 Å². The maximum absolute atomic E-state index is 10.6. The van der Waals surface area contributed by atoms with Gasteiger partial charge < -0.3 is 5.11 Å². The van der Waals surface area contributed by atoms with Crippen molar-refractivity contribution in [3.05, 3.63) is 16.4 Å². The summed E-state index contributed by atoms with van der Waals surface area (Å²) in [6.45, 7) is 4.09. The van der Waals surface area contributed by atoms with Gasteiger partial charge in [-0.05, 0) is 31.6 Å². The van der Waals surface area contributed by atoms with E-state index < -0.39 is 5.60 Å². The Morgan fingerprint density at radius 2 is 2.12 bits per heavy atom. The van der Waals surface area contributed by atoms with Gasteiger partial charge in [0.05, 0.1) is 22.0 Å². The average molecular weight is 257 g/mol. The zero-order chi connectivity index (χ0) is 12.6. The number of aryl methyl sites for hydroxylation is 2. The molecule has 96 valence electrons. The molecule has 17 heavy (non-hydrogen) atoms. The molecule has 1 aromatic rings. The molecule has 1 aromatic heterocycles. The van der Waals surface area contributed by atoms with Crippen LogP contribution < -0.4 is 0 Å². The van der Waals surface area contributed by atoms with Gasteiger partial charge in [0.1, 0.15) is 0 Å². The predicted molar refractivity (Wildman–Crippen MR) is 69.3 cm³/mol. The summed E-state index contributed by atoms with van der Waals surface area (Å²) in [5, 5.41) is 15.8. The number of hydrogen-bond donors (Lipinski definition) is 1. The molecule has 1 heterocycles. The molecule has 0 amide bonds. The van der Waals surface area contributed by atoms with Gasteiger partial charge in [-0.2, -0.15) is 5.10 Å². The molecule has 1 N–H and O–H groups in total. The molecular weight excluding hydrogens is 236 g/mol. The fraction of sp³-hybridized carbons (Fsp3) is 0.769. The van der Waals surface area contributed by atoms with Gasteiger partial charge in [0, 0.05) is 13.5 Å². The first-order chi connectivity index (χ1) is 8.01. The van der Waals surface area contributed by atoms with Gasteiger partial charge in [-0.15, -0.1) is 0 Å². The Labute approximate surface area is 108 Å². The number of nitrogens with zero attached hydrogens (tertiary/aromatic N) is 2. The third kappa shape index (κ3) is 2.36. The minimum absolute atomic E-state index is 0.448. The summed E-state index contributed by atoms with van der Waals surface area (Å²) in [7, 11) is 1.91. The number of halogens is 1. The first-order valence-corrected chi connectivity index (χ1v) is 6.82. The molecule has 4 heteroatoms. The lowest BCUT2D eigenvalue weighted by Gasteiger charge is -2.26. The molecule has 1 unspecified atom stereocenters. The third-order valence-electron chi connectivity index (χ3n) is 3.93. The molecule has 1 aliphatic rings. The van der Waals surface area contributed by atoms with Gasteiger partial charge in [-0.3, -0.25) is 4.68 Å². The highest BCUT2D eigenvalue weighted by molar-refractivity contribution is 6.31. The second kappa shape index (κ2) is 4.62. The Morgan fingerprint density at radius 1 is 1.47 bits per heavy atom. The summed E-state index contributed by atoms with van der Waals surface area (Å²) in [5.41, 5.74) is 1.31. The fourth-order valence-electron chi connectivity index (χ4n) is 2.48. The van der Waals surface area contributed by atoms with E-state index in [2.05, 4.69) is 5.10 Å². The van der Waals surface area contributed by atoms with Crippen LogP contribution in [0.25, 0.3) is 0 Å². The summed E-state index contributed by atoms with van der Waals surface area (Å²) in [6, 6.07) is 0. The average Bonchev–Trinajstić information content (AvgIpc) is 3.12. The second-order valence-electron chi connectivity index (χ2n) is 5.09. The van der Waals surface area contributed by atoms with Crippen molar-refractivity contribution >= 4 is 11.6 Å². The zero-order valence-corrected chi connectivity index (χ0v) is 11.6. The molecule has 1 saturated carbocycles. The minimum Gasteiger partial charge on any atom is -0.389 e. The predicted octanol–water partition coefficient (Wildman–Crippen LogP) is 2.73. The summed E-state index contributed by atoms with van der Waals surface area (Å²) < 4.78 is 1.82. The van der Waals surface area contributed by atoms with Gasteiger partial charge in [0.2, 0.25) is 0 Å². The molecule has 0 radical (unpaired) electrons. The number of hydrogen-bond acceptors (Lipinski definition) is 2. The third-order valence-corrected chi connectivity index (χ3v) is 4.36. The zero-order valence-electron chi connectivity index (χ0n) is 10.8. The SMILES string of the molecule is CCc1nn(C)c(CC(O)(CC)C2CC2)c1Cl. The molecule has 1 aliphatic carbocycles. The van der Waals surface area contributed by atoms with E-state index in [0.29, 0.717) is 12.3 Å². The van der Waals surface area contributed by atoms with E-state index in [1.165, 1.54) is 0 Å². The van der Waals surface area contributed by atoms with Crippen LogP contribution in [0.5, 0.6) is 0 Å². The van der Waals surface area contributed by atoms with Crippen LogP contribution in [0.15, 0.2) is 0 Å². The van der Waals surface area contributed by atoms with Crippen molar-refractivity contribution in [1.29, 1.82) is 0 Å². The Balaban J connectivity index is 2.25. The first kappa shape index (κ1) is 12.9. The van der Waals surface area contributed by atoms with Crippen LogP contribution in [0.2, 0.25) is 5.02 Å². The molecule has 1 fully saturated rings. The van der Waals surface area contributed by atoms with Crippen molar-refractivity contribution < 1.29 is 5.11 Å². The Bertz CT molecular complexity index is 412. The molecule has 0 bridgehead atoms. The van der Waals surface area contributed by atoms with Gasteiger partial charge in [-0.1, -0.05) is 25.4 Å². The van der Waals surface area contributed by atoms with E-state index in [1.54, 1.807) is 0 Å². The number of rotatable bonds is 5. The highest BCUT2D eigenvalue weighted by atomic mass is 35.5. The van der Waals surface area contributed by atoms with Gasteiger partial charge in [-0.25, -0.2) is 0 Å². The smallest absolute Gasteiger partial charge is 0.0850 e. The molecule has 0 aromatic carbocycles. The Hall–Kier alpha value is -0.540. The van der Waals surface area contributed by atoms with Gasteiger partial charge in [0.25, 0.3) is 0 Å². The van der Waals surface area contributed by atoms with Crippen molar-refractivity contribution in [2.45, 2.75) is 51.6 Å².